The van der Waals surface area contributed by atoms with Crippen LogP contribution in [0.15, 0.2) is 0 Å². The second-order valence-corrected chi connectivity index (χ2v) is 5.61. The van der Waals surface area contributed by atoms with Crippen molar-refractivity contribution >= 4 is 0 Å². The standard InChI is InChI=1S/C13H24F2N2/c1-10-7-16-12(8-17(10)9-13(14)15)11-5-3-2-4-6-11/h10-13,16H,2-9H2,1H3. The van der Waals surface area contributed by atoms with Gasteiger partial charge in [-0.15, -0.1) is 0 Å². The summed E-state index contributed by atoms with van der Waals surface area (Å²) in [6, 6.07) is 0.675. The first-order valence-electron chi connectivity index (χ1n) is 6.92. The predicted molar refractivity (Wildman–Crippen MR) is 65.4 cm³/mol. The maximum absolute atomic E-state index is 12.5. The van der Waals surface area contributed by atoms with Crippen LogP contribution in [0.1, 0.15) is 39.0 Å². The third kappa shape index (κ3) is 3.62. The van der Waals surface area contributed by atoms with E-state index in [-0.39, 0.29) is 12.6 Å². The fourth-order valence-electron chi connectivity index (χ4n) is 3.23. The van der Waals surface area contributed by atoms with Crippen molar-refractivity contribution in [2.24, 2.45) is 5.92 Å². The van der Waals surface area contributed by atoms with E-state index >= 15 is 0 Å². The van der Waals surface area contributed by atoms with E-state index in [0.717, 1.165) is 13.1 Å². The van der Waals surface area contributed by atoms with Gasteiger partial charge >= 0.3 is 0 Å². The van der Waals surface area contributed by atoms with E-state index < -0.39 is 6.43 Å². The minimum absolute atomic E-state index is 0.0634. The maximum Gasteiger partial charge on any atom is 0.251 e. The first-order valence-corrected chi connectivity index (χ1v) is 6.92. The van der Waals surface area contributed by atoms with Crippen LogP contribution in [0.2, 0.25) is 0 Å². The molecule has 0 amide bonds. The molecule has 2 atom stereocenters. The topological polar surface area (TPSA) is 15.3 Å². The molecule has 1 saturated heterocycles. The molecule has 0 radical (unpaired) electrons. The second-order valence-electron chi connectivity index (χ2n) is 5.61. The highest BCUT2D eigenvalue weighted by atomic mass is 19.3. The van der Waals surface area contributed by atoms with Gasteiger partial charge in [0.15, 0.2) is 0 Å². The van der Waals surface area contributed by atoms with E-state index in [0.29, 0.717) is 12.0 Å². The molecule has 1 heterocycles. The number of nitrogens with zero attached hydrogens (tertiary/aromatic N) is 1. The lowest BCUT2D eigenvalue weighted by Crippen LogP contribution is -2.58. The van der Waals surface area contributed by atoms with Gasteiger partial charge in [0.05, 0.1) is 6.54 Å². The molecule has 2 unspecified atom stereocenters. The van der Waals surface area contributed by atoms with Gasteiger partial charge in [0.25, 0.3) is 6.43 Å². The van der Waals surface area contributed by atoms with Gasteiger partial charge in [-0.2, -0.15) is 0 Å². The molecule has 0 aromatic rings. The quantitative estimate of drug-likeness (QED) is 0.823. The van der Waals surface area contributed by atoms with Gasteiger partial charge in [-0.05, 0) is 25.7 Å². The van der Waals surface area contributed by atoms with Crippen LogP contribution >= 0.6 is 0 Å². The number of hydrogen-bond acceptors (Lipinski definition) is 2. The number of hydrogen-bond donors (Lipinski definition) is 1. The molecular weight excluding hydrogens is 222 g/mol. The van der Waals surface area contributed by atoms with Gasteiger partial charge in [0, 0.05) is 25.2 Å². The highest BCUT2D eigenvalue weighted by Gasteiger charge is 2.31. The van der Waals surface area contributed by atoms with Crippen molar-refractivity contribution in [1.29, 1.82) is 0 Å². The SMILES string of the molecule is CC1CNC(C2CCCCC2)CN1CC(F)F. The van der Waals surface area contributed by atoms with Crippen LogP contribution in [0, 0.1) is 5.92 Å². The Kier molecular flexibility index (Phi) is 4.74. The first kappa shape index (κ1) is 13.2. The molecule has 2 rings (SSSR count). The Balaban J connectivity index is 1.87. The first-order chi connectivity index (χ1) is 8.16. The molecule has 2 fully saturated rings. The third-order valence-electron chi connectivity index (χ3n) is 4.32. The Bertz CT molecular complexity index is 229. The zero-order valence-corrected chi connectivity index (χ0v) is 10.7. The van der Waals surface area contributed by atoms with Crippen LogP contribution in [0.3, 0.4) is 0 Å². The van der Waals surface area contributed by atoms with Crippen LogP contribution in [-0.2, 0) is 0 Å². The summed E-state index contributed by atoms with van der Waals surface area (Å²) in [7, 11) is 0. The van der Waals surface area contributed by atoms with E-state index in [1.165, 1.54) is 32.1 Å². The lowest BCUT2D eigenvalue weighted by atomic mass is 9.82. The van der Waals surface area contributed by atoms with Crippen LogP contribution in [0.4, 0.5) is 8.78 Å². The van der Waals surface area contributed by atoms with Crippen molar-refractivity contribution in [2.75, 3.05) is 19.6 Å². The minimum atomic E-state index is -2.21. The summed E-state index contributed by atoms with van der Waals surface area (Å²) in [5.74, 6) is 0.705. The predicted octanol–water partition coefficient (Wildman–Crippen LogP) is 2.49. The normalized spacial score (nSPS) is 33.2. The van der Waals surface area contributed by atoms with Crippen molar-refractivity contribution in [3.63, 3.8) is 0 Å². The number of piperazine rings is 1. The molecule has 4 heteroatoms. The van der Waals surface area contributed by atoms with Gasteiger partial charge < -0.3 is 5.32 Å². The molecule has 0 spiro atoms. The third-order valence-corrected chi connectivity index (χ3v) is 4.32. The molecule has 2 aliphatic rings. The molecular formula is C13H24F2N2. The van der Waals surface area contributed by atoms with Gasteiger partial charge in [-0.25, -0.2) is 8.78 Å². The fourth-order valence-corrected chi connectivity index (χ4v) is 3.23. The molecule has 100 valence electrons. The zero-order valence-electron chi connectivity index (χ0n) is 10.7. The minimum Gasteiger partial charge on any atom is -0.311 e. The Labute approximate surface area is 103 Å². The molecule has 1 saturated carbocycles. The van der Waals surface area contributed by atoms with E-state index in [4.69, 9.17) is 0 Å². The van der Waals surface area contributed by atoms with Gasteiger partial charge in [-0.1, -0.05) is 19.3 Å². The van der Waals surface area contributed by atoms with Crippen LogP contribution < -0.4 is 5.32 Å². The Morgan fingerprint density at radius 1 is 1.24 bits per heavy atom. The van der Waals surface area contributed by atoms with Crippen molar-refractivity contribution in [1.82, 2.24) is 10.2 Å². The summed E-state index contributed by atoms with van der Waals surface area (Å²) in [4.78, 5) is 1.96. The Morgan fingerprint density at radius 3 is 2.59 bits per heavy atom. The number of alkyl halides is 2. The highest BCUT2D eigenvalue weighted by molar-refractivity contribution is 4.89. The molecule has 0 bridgehead atoms. The van der Waals surface area contributed by atoms with Crippen molar-refractivity contribution < 1.29 is 8.78 Å². The largest absolute Gasteiger partial charge is 0.311 e. The average molecular weight is 246 g/mol. The summed E-state index contributed by atoms with van der Waals surface area (Å²) >= 11 is 0. The average Bonchev–Trinajstić information content (AvgIpc) is 2.32. The molecule has 17 heavy (non-hydrogen) atoms. The molecule has 1 N–H and O–H groups in total. The molecule has 0 aromatic heterocycles. The van der Waals surface area contributed by atoms with Crippen molar-refractivity contribution in [3.05, 3.63) is 0 Å². The van der Waals surface area contributed by atoms with Crippen molar-refractivity contribution in [2.45, 2.75) is 57.5 Å². The van der Waals surface area contributed by atoms with E-state index in [1.54, 1.807) is 0 Å². The van der Waals surface area contributed by atoms with Gasteiger partial charge in [0.2, 0.25) is 0 Å². The zero-order chi connectivity index (χ0) is 12.3. The van der Waals surface area contributed by atoms with Gasteiger partial charge in [-0.3, -0.25) is 4.90 Å². The number of nitrogens with one attached hydrogen (secondary N) is 1. The lowest BCUT2D eigenvalue weighted by molar-refractivity contribution is 0.0364. The summed E-state index contributed by atoms with van der Waals surface area (Å²) in [6.07, 6.45) is 4.31. The monoisotopic (exact) mass is 246 g/mol. The Morgan fingerprint density at radius 2 is 1.94 bits per heavy atom. The summed E-state index contributed by atoms with van der Waals surface area (Å²) in [5.41, 5.74) is 0. The Hall–Kier alpha value is -0.220. The number of rotatable bonds is 3. The van der Waals surface area contributed by atoms with E-state index in [2.05, 4.69) is 5.32 Å². The summed E-state index contributed by atoms with van der Waals surface area (Å²) in [5, 5.41) is 3.56. The maximum atomic E-state index is 12.5. The highest BCUT2D eigenvalue weighted by Crippen LogP contribution is 2.28. The summed E-state index contributed by atoms with van der Waals surface area (Å²) < 4.78 is 25.0. The van der Waals surface area contributed by atoms with Crippen LogP contribution in [0.5, 0.6) is 0 Å². The van der Waals surface area contributed by atoms with E-state index in [9.17, 15) is 8.78 Å². The van der Waals surface area contributed by atoms with Crippen LogP contribution in [-0.4, -0.2) is 43.0 Å². The van der Waals surface area contributed by atoms with E-state index in [1.807, 2.05) is 11.8 Å². The van der Waals surface area contributed by atoms with Crippen LogP contribution in [0.25, 0.3) is 0 Å². The second kappa shape index (κ2) is 6.10. The molecule has 1 aliphatic carbocycles. The van der Waals surface area contributed by atoms with Gasteiger partial charge in [0.1, 0.15) is 0 Å². The molecule has 2 nitrogen and oxygen atoms in total. The molecule has 0 aromatic carbocycles. The lowest BCUT2D eigenvalue weighted by Gasteiger charge is -2.42. The fraction of sp³-hybridized carbons (Fsp3) is 1.00. The smallest absolute Gasteiger partial charge is 0.251 e. The molecule has 1 aliphatic heterocycles. The number of halogens is 2. The summed E-state index contributed by atoms with van der Waals surface area (Å²) in [6.45, 7) is 3.63. The van der Waals surface area contributed by atoms with Crippen molar-refractivity contribution in [3.8, 4) is 0 Å².